The van der Waals surface area contributed by atoms with Crippen molar-refractivity contribution < 1.29 is 19.8 Å². The number of hydrogen-bond acceptors (Lipinski definition) is 7. The first-order valence-corrected chi connectivity index (χ1v) is 11.4. The molecule has 4 aromatic rings. The summed E-state index contributed by atoms with van der Waals surface area (Å²) in [6.45, 7) is 7.79. The van der Waals surface area contributed by atoms with Gasteiger partial charge in [-0.05, 0) is 36.1 Å². The summed E-state index contributed by atoms with van der Waals surface area (Å²) < 4.78 is 1.39. The molecule has 0 aliphatic rings. The molecule has 0 unspecified atom stereocenters. The number of hydrogen-bond donors (Lipinski definition) is 3. The molecule has 9 nitrogen and oxygen atoms in total. The number of ketones is 1. The lowest BCUT2D eigenvalue weighted by Gasteiger charge is -2.19. The topological polar surface area (TPSA) is 144 Å². The SMILES string of the molecule is Cc1nc2nn(-c3ccc(Cl)c(C(=O)O)c3)cc2c(/C(=N\N)C(=O)c2ccc(C(C)(C)C)cc2)c1O. The minimum atomic E-state index is -1.19. The van der Waals surface area contributed by atoms with Crippen LogP contribution in [0, 0.1) is 6.92 Å². The summed E-state index contributed by atoms with van der Waals surface area (Å²) in [5.74, 6) is 3.74. The Morgan fingerprint density at radius 1 is 1.11 bits per heavy atom. The fraction of sp³-hybridized carbons (Fsp3) is 0.192. The maximum atomic E-state index is 13.4. The second-order valence-corrected chi connectivity index (χ2v) is 9.74. The number of aryl methyl sites for hydroxylation is 1. The van der Waals surface area contributed by atoms with Gasteiger partial charge in [-0.2, -0.15) is 5.10 Å². The molecule has 0 amide bonds. The van der Waals surface area contributed by atoms with Gasteiger partial charge in [-0.25, -0.2) is 14.5 Å². The third kappa shape index (κ3) is 4.40. The number of Topliss-reactive ketones (excluding diaryl/α,β-unsaturated/α-hetero) is 1. The number of halogens is 1. The Hall–Kier alpha value is -4.24. The number of nitrogens with zero attached hydrogens (tertiary/aromatic N) is 4. The standard InChI is InChI=1S/C26H24ClN5O4/c1-13-22(33)20(21(30-28)23(34)14-5-7-15(8-6-14)26(2,3)4)18-12-32(31-24(18)29-13)16-9-10-19(27)17(11-16)25(35)36/h5-12,33H,28H2,1-4H3,(H,35,36)/b30-21+. The van der Waals surface area contributed by atoms with Crippen molar-refractivity contribution in [3.05, 3.63) is 81.6 Å². The summed E-state index contributed by atoms with van der Waals surface area (Å²) >= 11 is 5.99. The Labute approximate surface area is 211 Å². The van der Waals surface area contributed by atoms with E-state index >= 15 is 0 Å². The highest BCUT2D eigenvalue weighted by Gasteiger charge is 2.26. The first-order chi connectivity index (χ1) is 16.9. The molecule has 36 heavy (non-hydrogen) atoms. The summed E-state index contributed by atoms with van der Waals surface area (Å²) in [7, 11) is 0. The molecule has 0 radical (unpaired) electrons. The van der Waals surface area contributed by atoms with Crippen LogP contribution in [0.25, 0.3) is 16.7 Å². The summed E-state index contributed by atoms with van der Waals surface area (Å²) in [5, 5.41) is 28.8. The zero-order valence-corrected chi connectivity index (χ0v) is 20.8. The highest BCUT2D eigenvalue weighted by atomic mass is 35.5. The maximum absolute atomic E-state index is 13.4. The van der Waals surface area contributed by atoms with E-state index in [9.17, 15) is 19.8 Å². The first kappa shape index (κ1) is 24.9. The molecule has 2 heterocycles. The molecule has 10 heteroatoms. The van der Waals surface area contributed by atoms with Crippen molar-refractivity contribution in [1.29, 1.82) is 0 Å². The molecular weight excluding hydrogens is 482 g/mol. The van der Waals surface area contributed by atoms with Gasteiger partial charge in [0.15, 0.2) is 5.65 Å². The van der Waals surface area contributed by atoms with Gasteiger partial charge >= 0.3 is 5.97 Å². The summed E-state index contributed by atoms with van der Waals surface area (Å²) in [6.07, 6.45) is 1.52. The van der Waals surface area contributed by atoms with Crippen LogP contribution in [0.2, 0.25) is 5.02 Å². The van der Waals surface area contributed by atoms with Crippen LogP contribution in [-0.2, 0) is 5.41 Å². The third-order valence-electron chi connectivity index (χ3n) is 5.86. The minimum absolute atomic E-state index is 0.0795. The third-order valence-corrected chi connectivity index (χ3v) is 6.19. The van der Waals surface area contributed by atoms with Crippen molar-refractivity contribution >= 4 is 40.1 Å². The number of carboxylic acid groups (broad SMARTS) is 1. The van der Waals surface area contributed by atoms with Crippen LogP contribution in [0.4, 0.5) is 0 Å². The normalized spacial score (nSPS) is 12.2. The number of fused-ring (bicyclic) bond motifs is 1. The van der Waals surface area contributed by atoms with E-state index in [1.54, 1.807) is 25.1 Å². The van der Waals surface area contributed by atoms with Crippen LogP contribution in [0.5, 0.6) is 5.75 Å². The molecule has 184 valence electrons. The van der Waals surface area contributed by atoms with Gasteiger partial charge in [-0.1, -0.05) is 56.6 Å². The molecule has 0 bridgehead atoms. The van der Waals surface area contributed by atoms with Gasteiger partial charge in [-0.15, -0.1) is 5.10 Å². The van der Waals surface area contributed by atoms with Gasteiger partial charge in [-0.3, -0.25) is 4.79 Å². The number of pyridine rings is 1. The number of carbonyl (C=O) groups is 2. The zero-order chi connectivity index (χ0) is 26.4. The van der Waals surface area contributed by atoms with E-state index in [0.29, 0.717) is 16.6 Å². The van der Waals surface area contributed by atoms with Crippen molar-refractivity contribution in [2.24, 2.45) is 10.9 Å². The van der Waals surface area contributed by atoms with Crippen LogP contribution >= 0.6 is 11.6 Å². The van der Waals surface area contributed by atoms with Crippen LogP contribution in [0.3, 0.4) is 0 Å². The summed E-state index contributed by atoms with van der Waals surface area (Å²) in [5.41, 5.74) is 1.98. The van der Waals surface area contributed by atoms with E-state index in [4.69, 9.17) is 17.4 Å². The average molecular weight is 506 g/mol. The quantitative estimate of drug-likeness (QED) is 0.155. The number of carbonyl (C=O) groups excluding carboxylic acids is 1. The largest absolute Gasteiger partial charge is 0.505 e. The lowest BCUT2D eigenvalue weighted by atomic mass is 9.86. The van der Waals surface area contributed by atoms with Crippen molar-refractivity contribution in [3.63, 3.8) is 0 Å². The Kier molecular flexibility index (Phi) is 6.28. The van der Waals surface area contributed by atoms with E-state index in [1.165, 1.54) is 23.0 Å². The van der Waals surface area contributed by atoms with Gasteiger partial charge in [0.05, 0.1) is 32.9 Å². The molecule has 0 spiro atoms. The fourth-order valence-electron chi connectivity index (χ4n) is 3.83. The first-order valence-electron chi connectivity index (χ1n) is 11.0. The molecule has 0 saturated carbocycles. The summed E-state index contributed by atoms with van der Waals surface area (Å²) in [4.78, 5) is 29.2. The Balaban J connectivity index is 1.85. The number of nitrogens with two attached hydrogens (primary N) is 1. The average Bonchev–Trinajstić information content (AvgIpc) is 3.24. The number of benzene rings is 2. The molecule has 4 N–H and O–H groups in total. The molecule has 2 aromatic carbocycles. The molecular formula is C26H24ClN5O4. The number of aromatic carboxylic acids is 1. The monoisotopic (exact) mass is 505 g/mol. The lowest BCUT2D eigenvalue weighted by Crippen LogP contribution is -2.19. The Morgan fingerprint density at radius 2 is 1.78 bits per heavy atom. The predicted molar refractivity (Wildman–Crippen MR) is 137 cm³/mol. The van der Waals surface area contributed by atoms with Crippen LogP contribution in [0.1, 0.15) is 58.3 Å². The van der Waals surface area contributed by atoms with E-state index in [-0.39, 0.29) is 44.4 Å². The van der Waals surface area contributed by atoms with E-state index < -0.39 is 11.8 Å². The van der Waals surface area contributed by atoms with Crippen LogP contribution in [0.15, 0.2) is 53.8 Å². The van der Waals surface area contributed by atoms with Gasteiger partial charge in [0.1, 0.15) is 11.5 Å². The van der Waals surface area contributed by atoms with E-state index in [2.05, 4.69) is 36.0 Å². The molecule has 0 aliphatic heterocycles. The number of aromatic hydroxyl groups is 1. The molecule has 0 saturated heterocycles. The van der Waals surface area contributed by atoms with E-state index in [0.717, 1.165) is 5.56 Å². The highest BCUT2D eigenvalue weighted by molar-refractivity contribution is 6.53. The lowest BCUT2D eigenvalue weighted by molar-refractivity contribution is 0.0697. The highest BCUT2D eigenvalue weighted by Crippen LogP contribution is 2.31. The number of rotatable bonds is 5. The Morgan fingerprint density at radius 3 is 2.36 bits per heavy atom. The predicted octanol–water partition coefficient (Wildman–Crippen LogP) is 4.63. The number of aromatic nitrogens is 3. The number of hydrazone groups is 1. The van der Waals surface area contributed by atoms with Crippen LogP contribution in [-0.4, -0.2) is 42.4 Å². The smallest absolute Gasteiger partial charge is 0.337 e. The molecule has 0 atom stereocenters. The molecule has 0 fully saturated rings. The van der Waals surface area contributed by atoms with Crippen LogP contribution < -0.4 is 5.84 Å². The molecule has 0 aliphatic carbocycles. The maximum Gasteiger partial charge on any atom is 0.337 e. The minimum Gasteiger partial charge on any atom is -0.505 e. The van der Waals surface area contributed by atoms with Gasteiger partial charge < -0.3 is 16.1 Å². The van der Waals surface area contributed by atoms with Crippen molar-refractivity contribution in [1.82, 2.24) is 14.8 Å². The zero-order valence-electron chi connectivity index (χ0n) is 20.1. The summed E-state index contributed by atoms with van der Waals surface area (Å²) in [6, 6.07) is 11.5. The fourth-order valence-corrected chi connectivity index (χ4v) is 4.03. The van der Waals surface area contributed by atoms with Gasteiger partial charge in [0.25, 0.3) is 0 Å². The van der Waals surface area contributed by atoms with Crippen molar-refractivity contribution in [2.75, 3.05) is 0 Å². The second-order valence-electron chi connectivity index (χ2n) is 9.34. The second kappa shape index (κ2) is 9.09. The Bertz CT molecular complexity index is 1550. The van der Waals surface area contributed by atoms with Crippen molar-refractivity contribution in [2.45, 2.75) is 33.1 Å². The van der Waals surface area contributed by atoms with Gasteiger partial charge in [0, 0.05) is 11.8 Å². The van der Waals surface area contributed by atoms with E-state index in [1.807, 2.05) is 12.1 Å². The molecule has 2 aromatic heterocycles. The van der Waals surface area contributed by atoms with Gasteiger partial charge in [0.2, 0.25) is 5.78 Å². The molecule has 4 rings (SSSR count). The number of carboxylic acids is 1. The van der Waals surface area contributed by atoms with Crippen molar-refractivity contribution in [3.8, 4) is 11.4 Å².